The summed E-state index contributed by atoms with van der Waals surface area (Å²) >= 11 is 9.42. The number of rotatable bonds is 8. The van der Waals surface area contributed by atoms with Crippen molar-refractivity contribution < 1.29 is 27.6 Å². The summed E-state index contributed by atoms with van der Waals surface area (Å²) < 4.78 is 50.8. The maximum atomic E-state index is 12.9. The number of hydrogen-bond acceptors (Lipinski definition) is 5. The Morgan fingerprint density at radius 1 is 1.06 bits per heavy atom. The van der Waals surface area contributed by atoms with Gasteiger partial charge in [0.05, 0.1) is 22.1 Å². The molecule has 3 rings (SSSR count). The lowest BCUT2D eigenvalue weighted by molar-refractivity contribution is -0.385. The topological polar surface area (TPSA) is 73.6 Å². The van der Waals surface area contributed by atoms with Crippen LogP contribution in [-0.4, -0.2) is 11.5 Å². The standard InChI is InChI=1S/C22H17BrClF3N2O4/c1-2-32-21-9-13(12-28-15-5-6-16(23)17(24)11-15)3-7-20(21)33-19-8-4-14(22(25,26)27)10-18(19)29(30)31/h3-11,28H,2,12H2,1H3. The van der Waals surface area contributed by atoms with E-state index in [2.05, 4.69) is 21.2 Å². The number of nitrogens with zero attached hydrogens (tertiary/aromatic N) is 1. The molecular weight excluding hydrogens is 529 g/mol. The van der Waals surface area contributed by atoms with Gasteiger partial charge in [-0.1, -0.05) is 17.7 Å². The van der Waals surface area contributed by atoms with E-state index in [1.807, 2.05) is 12.1 Å². The number of nitrogens with one attached hydrogen (secondary N) is 1. The van der Waals surface area contributed by atoms with Crippen LogP contribution in [0.25, 0.3) is 0 Å². The molecule has 0 amide bonds. The Hall–Kier alpha value is -2.98. The lowest BCUT2D eigenvalue weighted by atomic mass is 10.1. The molecule has 1 N–H and O–H groups in total. The molecule has 0 aliphatic rings. The highest BCUT2D eigenvalue weighted by molar-refractivity contribution is 9.10. The van der Waals surface area contributed by atoms with Gasteiger partial charge in [-0.2, -0.15) is 13.2 Å². The first-order valence-corrected chi connectivity index (χ1v) is 10.7. The maximum absolute atomic E-state index is 12.9. The zero-order valence-electron chi connectivity index (χ0n) is 17.1. The number of anilines is 1. The van der Waals surface area contributed by atoms with Gasteiger partial charge in [0.15, 0.2) is 11.5 Å². The van der Waals surface area contributed by atoms with Crippen LogP contribution < -0.4 is 14.8 Å². The van der Waals surface area contributed by atoms with Crippen LogP contribution in [0.3, 0.4) is 0 Å². The zero-order valence-corrected chi connectivity index (χ0v) is 19.4. The smallest absolute Gasteiger partial charge is 0.416 e. The highest BCUT2D eigenvalue weighted by Gasteiger charge is 2.33. The van der Waals surface area contributed by atoms with Gasteiger partial charge in [-0.3, -0.25) is 10.1 Å². The largest absolute Gasteiger partial charge is 0.490 e. The van der Waals surface area contributed by atoms with Gasteiger partial charge in [-0.15, -0.1) is 0 Å². The predicted octanol–water partition coefficient (Wildman–Crippen LogP) is 7.83. The van der Waals surface area contributed by atoms with E-state index in [0.717, 1.165) is 27.9 Å². The van der Waals surface area contributed by atoms with Crippen LogP contribution in [0.4, 0.5) is 24.5 Å². The average Bonchev–Trinajstić information content (AvgIpc) is 2.75. The van der Waals surface area contributed by atoms with Crippen molar-refractivity contribution in [3.63, 3.8) is 0 Å². The van der Waals surface area contributed by atoms with Crippen molar-refractivity contribution in [1.82, 2.24) is 0 Å². The summed E-state index contributed by atoms with van der Waals surface area (Å²) in [4.78, 5) is 10.4. The fourth-order valence-electron chi connectivity index (χ4n) is 2.87. The number of alkyl halides is 3. The molecule has 0 aliphatic heterocycles. The quantitative estimate of drug-likeness (QED) is 0.231. The van der Waals surface area contributed by atoms with Gasteiger partial charge in [0.1, 0.15) is 0 Å². The summed E-state index contributed by atoms with van der Waals surface area (Å²) in [6.07, 6.45) is -4.71. The van der Waals surface area contributed by atoms with Crippen LogP contribution >= 0.6 is 27.5 Å². The molecule has 0 heterocycles. The van der Waals surface area contributed by atoms with Crippen LogP contribution in [0.2, 0.25) is 5.02 Å². The molecule has 0 saturated carbocycles. The molecule has 6 nitrogen and oxygen atoms in total. The molecule has 0 unspecified atom stereocenters. The highest BCUT2D eigenvalue weighted by Crippen LogP contribution is 2.40. The molecule has 33 heavy (non-hydrogen) atoms. The Balaban J connectivity index is 1.85. The van der Waals surface area contributed by atoms with Gasteiger partial charge in [0.2, 0.25) is 5.75 Å². The third kappa shape index (κ3) is 6.29. The third-order valence-corrected chi connectivity index (χ3v) is 5.66. The Morgan fingerprint density at radius 2 is 1.79 bits per heavy atom. The predicted molar refractivity (Wildman–Crippen MR) is 122 cm³/mol. The summed E-state index contributed by atoms with van der Waals surface area (Å²) in [7, 11) is 0. The van der Waals surface area contributed by atoms with Gasteiger partial charge < -0.3 is 14.8 Å². The summed E-state index contributed by atoms with van der Waals surface area (Å²) in [5, 5.41) is 15.1. The summed E-state index contributed by atoms with van der Waals surface area (Å²) in [5.41, 5.74) is -0.334. The number of halogens is 5. The Bertz CT molecular complexity index is 1170. The second kappa shape index (κ2) is 10.3. The van der Waals surface area contributed by atoms with Crippen molar-refractivity contribution in [3.8, 4) is 17.2 Å². The Labute approximate surface area is 200 Å². The first-order chi connectivity index (χ1) is 15.6. The van der Waals surface area contributed by atoms with Gasteiger partial charge in [0.25, 0.3) is 0 Å². The van der Waals surface area contributed by atoms with Gasteiger partial charge in [-0.25, -0.2) is 0 Å². The number of nitro benzene ring substituents is 1. The average molecular weight is 546 g/mol. The van der Waals surface area contributed by atoms with E-state index in [4.69, 9.17) is 21.1 Å². The molecule has 3 aromatic rings. The fourth-order valence-corrected chi connectivity index (χ4v) is 3.29. The van der Waals surface area contributed by atoms with Crippen molar-refractivity contribution >= 4 is 38.9 Å². The van der Waals surface area contributed by atoms with Crippen molar-refractivity contribution in [2.45, 2.75) is 19.6 Å². The second-order valence-electron chi connectivity index (χ2n) is 6.74. The molecule has 174 valence electrons. The molecule has 0 fully saturated rings. The third-order valence-electron chi connectivity index (χ3n) is 4.43. The lowest BCUT2D eigenvalue weighted by Crippen LogP contribution is -2.06. The molecular formula is C22H17BrClF3N2O4. The molecule has 0 atom stereocenters. The number of benzene rings is 3. The first kappa shape index (κ1) is 24.7. The van der Waals surface area contributed by atoms with Crippen molar-refractivity contribution in [1.29, 1.82) is 0 Å². The number of ether oxygens (including phenoxy) is 2. The molecule has 3 aromatic carbocycles. The lowest BCUT2D eigenvalue weighted by Gasteiger charge is -2.15. The normalized spacial score (nSPS) is 11.2. The highest BCUT2D eigenvalue weighted by atomic mass is 79.9. The van der Waals surface area contributed by atoms with Crippen molar-refractivity contribution in [2.24, 2.45) is 0 Å². The van der Waals surface area contributed by atoms with Crippen LogP contribution in [-0.2, 0) is 12.7 Å². The molecule has 0 saturated heterocycles. The van der Waals surface area contributed by atoms with E-state index >= 15 is 0 Å². The number of hydrogen-bond donors (Lipinski definition) is 1. The van der Waals surface area contributed by atoms with E-state index < -0.39 is 22.4 Å². The molecule has 0 bridgehead atoms. The zero-order chi connectivity index (χ0) is 24.2. The van der Waals surface area contributed by atoms with Crippen molar-refractivity contribution in [3.05, 3.63) is 85.3 Å². The second-order valence-corrected chi connectivity index (χ2v) is 8.00. The van der Waals surface area contributed by atoms with E-state index in [9.17, 15) is 23.3 Å². The minimum atomic E-state index is -4.71. The summed E-state index contributed by atoms with van der Waals surface area (Å²) in [6.45, 7) is 2.45. The fraction of sp³-hybridized carbons (Fsp3) is 0.182. The van der Waals surface area contributed by atoms with E-state index in [0.29, 0.717) is 23.4 Å². The summed E-state index contributed by atoms with van der Waals surface area (Å²) in [6, 6.07) is 12.4. The molecule has 0 spiro atoms. The minimum Gasteiger partial charge on any atom is -0.490 e. The van der Waals surface area contributed by atoms with Gasteiger partial charge in [0, 0.05) is 22.8 Å². The van der Waals surface area contributed by atoms with Crippen LogP contribution in [0, 0.1) is 10.1 Å². The first-order valence-electron chi connectivity index (χ1n) is 9.56. The van der Waals surface area contributed by atoms with Gasteiger partial charge in [-0.05, 0) is 70.9 Å². The SMILES string of the molecule is CCOc1cc(CNc2ccc(Br)c(Cl)c2)ccc1Oc1ccc(C(F)(F)F)cc1[N+](=O)[O-]. The van der Waals surface area contributed by atoms with Gasteiger partial charge >= 0.3 is 11.9 Å². The van der Waals surface area contributed by atoms with Crippen molar-refractivity contribution in [2.75, 3.05) is 11.9 Å². The molecule has 0 radical (unpaired) electrons. The number of nitro groups is 1. The summed E-state index contributed by atoms with van der Waals surface area (Å²) in [5.74, 6) is 0.0966. The van der Waals surface area contributed by atoms with E-state index in [1.54, 1.807) is 25.1 Å². The monoisotopic (exact) mass is 544 g/mol. The van der Waals surface area contributed by atoms with Crippen LogP contribution in [0.15, 0.2) is 59.1 Å². The van der Waals surface area contributed by atoms with E-state index in [1.165, 1.54) is 6.07 Å². The van der Waals surface area contributed by atoms with Crippen LogP contribution in [0.5, 0.6) is 17.2 Å². The Kier molecular flexibility index (Phi) is 7.70. The maximum Gasteiger partial charge on any atom is 0.416 e. The van der Waals surface area contributed by atoms with E-state index in [-0.39, 0.29) is 18.1 Å². The minimum absolute atomic E-state index is 0.134. The van der Waals surface area contributed by atoms with Crippen LogP contribution in [0.1, 0.15) is 18.1 Å². The molecule has 11 heteroatoms. The molecule has 0 aromatic heterocycles. The Morgan fingerprint density at radius 3 is 2.42 bits per heavy atom. The molecule has 0 aliphatic carbocycles.